The van der Waals surface area contributed by atoms with Crippen molar-refractivity contribution in [3.63, 3.8) is 0 Å². The minimum absolute atomic E-state index is 0.354. The Hall–Kier alpha value is -1.31. The second-order valence-corrected chi connectivity index (χ2v) is 1.89. The molecule has 60 valence electrons. The Balaban J connectivity index is 4.12. The van der Waals surface area contributed by atoms with E-state index in [1.54, 1.807) is 12.2 Å². The van der Waals surface area contributed by atoms with Crippen LogP contribution in [0.25, 0.3) is 0 Å². The molecule has 0 radical (unpaired) electrons. The molecule has 0 bridgehead atoms. The van der Waals surface area contributed by atoms with Gasteiger partial charge in [-0.3, -0.25) is 4.79 Å². The van der Waals surface area contributed by atoms with E-state index in [0.29, 0.717) is 0 Å². The summed E-state index contributed by atoms with van der Waals surface area (Å²) in [5.41, 5.74) is 0. The van der Waals surface area contributed by atoms with Crippen molar-refractivity contribution in [3.8, 4) is 0 Å². The molecule has 0 heterocycles. The molecule has 0 aromatic heterocycles. The van der Waals surface area contributed by atoms with E-state index in [2.05, 4.69) is 17.9 Å². The van der Waals surface area contributed by atoms with Crippen molar-refractivity contribution in [2.75, 3.05) is 0 Å². The molecule has 0 aliphatic carbocycles. The summed E-state index contributed by atoms with van der Waals surface area (Å²) in [6, 6.07) is 0. The van der Waals surface area contributed by atoms with E-state index in [0.717, 1.165) is 6.26 Å². The van der Waals surface area contributed by atoms with Gasteiger partial charge in [-0.1, -0.05) is 24.8 Å². The molecule has 0 aliphatic rings. The lowest BCUT2D eigenvalue weighted by atomic mass is 10.1. The van der Waals surface area contributed by atoms with Crippen LogP contribution in [0.2, 0.25) is 0 Å². The zero-order valence-corrected chi connectivity index (χ0v) is 6.62. The average Bonchev–Trinajstić information content (AvgIpc) is 2.00. The highest BCUT2D eigenvalue weighted by molar-refractivity contribution is 5.76. The van der Waals surface area contributed by atoms with Gasteiger partial charge < -0.3 is 4.74 Å². The lowest BCUT2D eigenvalue weighted by Crippen LogP contribution is -2.10. The van der Waals surface area contributed by atoms with E-state index in [4.69, 9.17) is 0 Å². The van der Waals surface area contributed by atoms with Gasteiger partial charge >= 0.3 is 5.97 Å². The third-order valence-electron chi connectivity index (χ3n) is 1.13. The molecule has 0 N–H and O–H groups in total. The Morgan fingerprint density at radius 3 is 2.55 bits per heavy atom. The summed E-state index contributed by atoms with van der Waals surface area (Å²) in [7, 11) is 0. The maximum Gasteiger partial charge on any atom is 0.321 e. The van der Waals surface area contributed by atoms with Crippen molar-refractivity contribution in [2.24, 2.45) is 5.92 Å². The minimum Gasteiger partial charge on any atom is -0.434 e. The number of ether oxygens (including phenoxy) is 1. The predicted octanol–water partition coefficient (Wildman–Crippen LogP) is 2.05. The number of esters is 1. The monoisotopic (exact) mass is 152 g/mol. The van der Waals surface area contributed by atoms with Gasteiger partial charge in [0.15, 0.2) is 0 Å². The van der Waals surface area contributed by atoms with Gasteiger partial charge in [0.1, 0.15) is 0 Å². The second kappa shape index (κ2) is 5.47. The second-order valence-electron chi connectivity index (χ2n) is 1.89. The third kappa shape index (κ3) is 3.40. The van der Waals surface area contributed by atoms with Gasteiger partial charge in [0.2, 0.25) is 0 Å². The van der Waals surface area contributed by atoms with Crippen LogP contribution in [0.1, 0.15) is 6.92 Å². The van der Waals surface area contributed by atoms with Crippen molar-refractivity contribution in [3.05, 3.63) is 37.6 Å². The molecule has 11 heavy (non-hydrogen) atoms. The van der Waals surface area contributed by atoms with Crippen LogP contribution < -0.4 is 0 Å². The fourth-order valence-electron chi connectivity index (χ4n) is 0.621. The van der Waals surface area contributed by atoms with Crippen LogP contribution >= 0.6 is 0 Å². The lowest BCUT2D eigenvalue weighted by Gasteiger charge is -2.02. The number of hydrogen-bond donors (Lipinski definition) is 0. The summed E-state index contributed by atoms with van der Waals surface area (Å²) in [6.45, 7) is 8.60. The van der Waals surface area contributed by atoms with Crippen molar-refractivity contribution in [1.29, 1.82) is 0 Å². The summed E-state index contributed by atoms with van der Waals surface area (Å²) in [5, 5.41) is 0. The number of allylic oxidation sites excluding steroid dienone is 1. The van der Waals surface area contributed by atoms with Crippen LogP contribution in [0.4, 0.5) is 0 Å². The first kappa shape index (κ1) is 9.69. The first-order valence-corrected chi connectivity index (χ1v) is 3.33. The predicted molar refractivity (Wildman–Crippen MR) is 44.8 cm³/mol. The SMILES string of the molecule is C=COC(=O)C(C=C)/C=C/C. The van der Waals surface area contributed by atoms with E-state index in [1.807, 2.05) is 6.92 Å². The van der Waals surface area contributed by atoms with Gasteiger partial charge in [0, 0.05) is 0 Å². The summed E-state index contributed by atoms with van der Waals surface area (Å²) in [6.07, 6.45) is 6.11. The first-order chi connectivity index (χ1) is 5.26. The van der Waals surface area contributed by atoms with Gasteiger partial charge in [-0.15, -0.1) is 6.58 Å². The Labute approximate surface area is 66.9 Å². The van der Waals surface area contributed by atoms with Crippen molar-refractivity contribution in [1.82, 2.24) is 0 Å². The Morgan fingerprint density at radius 1 is 1.55 bits per heavy atom. The molecule has 0 saturated carbocycles. The van der Waals surface area contributed by atoms with Crippen LogP contribution in [0.5, 0.6) is 0 Å². The van der Waals surface area contributed by atoms with Gasteiger partial charge in [0.05, 0.1) is 12.2 Å². The van der Waals surface area contributed by atoms with E-state index >= 15 is 0 Å². The number of hydrogen-bond acceptors (Lipinski definition) is 2. The average molecular weight is 152 g/mol. The first-order valence-electron chi connectivity index (χ1n) is 3.33. The topological polar surface area (TPSA) is 26.3 Å². The molecule has 1 unspecified atom stereocenters. The fourth-order valence-corrected chi connectivity index (χ4v) is 0.621. The molecule has 0 aromatic rings. The van der Waals surface area contributed by atoms with Crippen LogP contribution in [-0.4, -0.2) is 5.97 Å². The number of carbonyl (C=O) groups is 1. The smallest absolute Gasteiger partial charge is 0.321 e. The van der Waals surface area contributed by atoms with Crippen LogP contribution in [0.3, 0.4) is 0 Å². The van der Waals surface area contributed by atoms with Crippen molar-refractivity contribution < 1.29 is 9.53 Å². The Bertz CT molecular complexity index is 180. The van der Waals surface area contributed by atoms with E-state index in [-0.39, 0.29) is 11.9 Å². The van der Waals surface area contributed by atoms with Crippen molar-refractivity contribution in [2.45, 2.75) is 6.92 Å². The molecular weight excluding hydrogens is 140 g/mol. The highest BCUT2D eigenvalue weighted by Gasteiger charge is 2.10. The van der Waals surface area contributed by atoms with Crippen LogP contribution in [0, 0.1) is 5.92 Å². The molecular formula is C9H12O2. The highest BCUT2D eigenvalue weighted by Crippen LogP contribution is 2.03. The standard InChI is InChI=1S/C9H12O2/c1-4-7-8(5-2)9(10)11-6-3/h4-8H,2-3H2,1H3/b7-4+. The zero-order chi connectivity index (χ0) is 8.69. The quantitative estimate of drug-likeness (QED) is 0.350. The van der Waals surface area contributed by atoms with Gasteiger partial charge in [-0.25, -0.2) is 0 Å². The molecule has 0 aliphatic heterocycles. The van der Waals surface area contributed by atoms with Gasteiger partial charge in [-0.05, 0) is 6.92 Å². The summed E-state index contributed by atoms with van der Waals surface area (Å²) in [4.78, 5) is 10.9. The van der Waals surface area contributed by atoms with Gasteiger partial charge in [0.25, 0.3) is 0 Å². The highest BCUT2D eigenvalue weighted by atomic mass is 16.5. The maximum absolute atomic E-state index is 10.9. The maximum atomic E-state index is 10.9. The van der Waals surface area contributed by atoms with Crippen LogP contribution in [-0.2, 0) is 9.53 Å². The minimum atomic E-state index is -0.363. The Kier molecular flexibility index (Phi) is 4.82. The normalized spacial score (nSPS) is 12.5. The zero-order valence-electron chi connectivity index (χ0n) is 6.62. The van der Waals surface area contributed by atoms with E-state index in [9.17, 15) is 4.79 Å². The molecule has 0 aromatic carbocycles. The Morgan fingerprint density at radius 2 is 2.18 bits per heavy atom. The van der Waals surface area contributed by atoms with Crippen molar-refractivity contribution >= 4 is 5.97 Å². The summed E-state index contributed by atoms with van der Waals surface area (Å²) < 4.78 is 4.55. The largest absolute Gasteiger partial charge is 0.434 e. The molecule has 0 fully saturated rings. The molecule has 0 saturated heterocycles. The molecule has 0 spiro atoms. The summed E-state index contributed by atoms with van der Waals surface area (Å²) in [5.74, 6) is -0.717. The molecule has 0 rings (SSSR count). The van der Waals surface area contributed by atoms with E-state index < -0.39 is 0 Å². The van der Waals surface area contributed by atoms with E-state index in [1.165, 1.54) is 6.08 Å². The van der Waals surface area contributed by atoms with Gasteiger partial charge in [-0.2, -0.15) is 0 Å². The third-order valence-corrected chi connectivity index (χ3v) is 1.13. The molecule has 2 heteroatoms. The molecule has 2 nitrogen and oxygen atoms in total. The van der Waals surface area contributed by atoms with Crippen LogP contribution in [0.15, 0.2) is 37.6 Å². The number of rotatable bonds is 4. The lowest BCUT2D eigenvalue weighted by molar-refractivity contribution is -0.139. The summed E-state index contributed by atoms with van der Waals surface area (Å²) >= 11 is 0. The fraction of sp³-hybridized carbons (Fsp3) is 0.222. The molecule has 0 amide bonds. The molecule has 1 atom stereocenters. The number of carbonyl (C=O) groups excluding carboxylic acids is 1.